The molecule has 0 bridgehead atoms. The highest BCUT2D eigenvalue weighted by Gasteiger charge is 2.23. The number of carbonyl (C=O) groups is 1. The summed E-state index contributed by atoms with van der Waals surface area (Å²) in [5.41, 5.74) is 2.02. The Balaban J connectivity index is 2.21. The molecule has 0 unspecified atom stereocenters. The van der Waals surface area contributed by atoms with Gasteiger partial charge in [0.1, 0.15) is 0 Å². The number of nitrogens with zero attached hydrogens (tertiary/aromatic N) is 2. The van der Waals surface area contributed by atoms with E-state index in [0.717, 1.165) is 23.0 Å². The molecule has 0 radical (unpaired) electrons. The first-order valence-corrected chi connectivity index (χ1v) is 6.12. The molecule has 0 atom stereocenters. The lowest BCUT2D eigenvalue weighted by molar-refractivity contribution is -0.115. The fraction of sp³-hybridized carbons (Fsp3) is 0.167. The van der Waals surface area contributed by atoms with Crippen LogP contribution in [-0.4, -0.2) is 30.4 Å². The van der Waals surface area contributed by atoms with Crippen molar-refractivity contribution >= 4 is 34.6 Å². The third kappa shape index (κ3) is 2.65. The SMILES string of the molecule is CN(C)c1ccc(/C=C2/S/C(=N\O)NC2=O)cc1. The second-order valence-corrected chi connectivity index (χ2v) is 4.99. The van der Waals surface area contributed by atoms with E-state index in [1.54, 1.807) is 6.08 Å². The van der Waals surface area contributed by atoms with Gasteiger partial charge in [-0.25, -0.2) is 0 Å². The van der Waals surface area contributed by atoms with Crippen molar-refractivity contribution < 1.29 is 10.0 Å². The molecule has 1 amide bonds. The molecule has 0 aromatic heterocycles. The van der Waals surface area contributed by atoms with E-state index in [9.17, 15) is 4.79 Å². The quantitative estimate of drug-likeness (QED) is 0.484. The third-order valence-electron chi connectivity index (χ3n) is 2.45. The molecule has 1 fully saturated rings. The van der Waals surface area contributed by atoms with Crippen molar-refractivity contribution in [2.24, 2.45) is 5.16 Å². The topological polar surface area (TPSA) is 64.9 Å². The normalized spacial score (nSPS) is 19.3. The molecule has 18 heavy (non-hydrogen) atoms. The Bertz CT molecular complexity index is 521. The van der Waals surface area contributed by atoms with Crippen LogP contribution in [0, 0.1) is 0 Å². The Morgan fingerprint density at radius 2 is 2.00 bits per heavy atom. The molecule has 0 saturated carbocycles. The van der Waals surface area contributed by atoms with Crippen LogP contribution in [0.25, 0.3) is 6.08 Å². The number of benzene rings is 1. The van der Waals surface area contributed by atoms with Crippen LogP contribution >= 0.6 is 11.8 Å². The molecule has 2 rings (SSSR count). The number of hydrogen-bond donors (Lipinski definition) is 2. The van der Waals surface area contributed by atoms with Gasteiger partial charge in [-0.2, -0.15) is 0 Å². The van der Waals surface area contributed by atoms with E-state index in [1.807, 2.05) is 43.3 Å². The predicted molar refractivity (Wildman–Crippen MR) is 73.7 cm³/mol. The van der Waals surface area contributed by atoms with E-state index in [0.29, 0.717) is 4.91 Å². The van der Waals surface area contributed by atoms with Gasteiger partial charge in [0.15, 0.2) is 0 Å². The molecule has 6 heteroatoms. The van der Waals surface area contributed by atoms with Gasteiger partial charge in [-0.15, -0.1) is 0 Å². The first kappa shape index (κ1) is 12.5. The molecule has 2 N–H and O–H groups in total. The summed E-state index contributed by atoms with van der Waals surface area (Å²) < 4.78 is 0. The van der Waals surface area contributed by atoms with Crippen LogP contribution in [0.2, 0.25) is 0 Å². The Kier molecular flexibility index (Phi) is 3.57. The molecular formula is C12H13N3O2S. The van der Waals surface area contributed by atoms with E-state index in [4.69, 9.17) is 5.21 Å². The Labute approximate surface area is 109 Å². The average molecular weight is 263 g/mol. The zero-order chi connectivity index (χ0) is 13.1. The van der Waals surface area contributed by atoms with E-state index in [2.05, 4.69) is 10.5 Å². The first-order chi connectivity index (χ1) is 8.60. The first-order valence-electron chi connectivity index (χ1n) is 5.30. The van der Waals surface area contributed by atoms with Gasteiger partial charge in [0, 0.05) is 19.8 Å². The Hall–Kier alpha value is -1.95. The summed E-state index contributed by atoms with van der Waals surface area (Å²) in [6, 6.07) is 7.82. The van der Waals surface area contributed by atoms with Crippen LogP contribution in [0.5, 0.6) is 0 Å². The maximum Gasteiger partial charge on any atom is 0.264 e. The molecule has 1 aromatic rings. The minimum Gasteiger partial charge on any atom is -0.409 e. The highest BCUT2D eigenvalue weighted by molar-refractivity contribution is 8.18. The summed E-state index contributed by atoms with van der Waals surface area (Å²) in [5, 5.41) is 14.2. The number of oxime groups is 1. The zero-order valence-corrected chi connectivity index (χ0v) is 10.9. The van der Waals surface area contributed by atoms with Gasteiger partial charge in [-0.1, -0.05) is 17.3 Å². The molecule has 5 nitrogen and oxygen atoms in total. The molecule has 1 heterocycles. The smallest absolute Gasteiger partial charge is 0.264 e. The van der Waals surface area contributed by atoms with Gasteiger partial charge < -0.3 is 10.1 Å². The number of carbonyl (C=O) groups excluding carboxylic acids is 1. The number of thioether (sulfide) groups is 1. The largest absolute Gasteiger partial charge is 0.409 e. The standard InChI is InChI=1S/C12H13N3O2S/c1-15(2)9-5-3-8(4-6-9)7-10-11(16)13-12(14-17)18-10/h3-7,17H,1-2H3,(H,13,14,16)/b10-7+. The van der Waals surface area contributed by atoms with Crippen molar-refractivity contribution in [2.45, 2.75) is 0 Å². The van der Waals surface area contributed by atoms with Crippen LogP contribution in [0.4, 0.5) is 5.69 Å². The van der Waals surface area contributed by atoms with E-state index in [1.165, 1.54) is 0 Å². The van der Waals surface area contributed by atoms with Crippen LogP contribution in [0.15, 0.2) is 34.3 Å². The van der Waals surface area contributed by atoms with Gasteiger partial charge in [0.05, 0.1) is 4.91 Å². The predicted octanol–water partition coefficient (Wildman–Crippen LogP) is 1.70. The Morgan fingerprint density at radius 1 is 1.33 bits per heavy atom. The maximum absolute atomic E-state index is 11.5. The van der Waals surface area contributed by atoms with Crippen LogP contribution < -0.4 is 10.2 Å². The van der Waals surface area contributed by atoms with Gasteiger partial charge in [0.25, 0.3) is 5.91 Å². The highest BCUT2D eigenvalue weighted by Crippen LogP contribution is 2.26. The lowest BCUT2D eigenvalue weighted by Crippen LogP contribution is -2.19. The summed E-state index contributed by atoms with van der Waals surface area (Å²) in [6.45, 7) is 0. The van der Waals surface area contributed by atoms with Crippen LogP contribution in [0.3, 0.4) is 0 Å². The number of anilines is 1. The molecule has 1 aliphatic rings. The zero-order valence-electron chi connectivity index (χ0n) is 10.0. The van der Waals surface area contributed by atoms with Crippen molar-refractivity contribution in [3.8, 4) is 0 Å². The molecule has 94 valence electrons. The molecular weight excluding hydrogens is 250 g/mol. The number of rotatable bonds is 2. The fourth-order valence-electron chi connectivity index (χ4n) is 1.50. The van der Waals surface area contributed by atoms with Crippen molar-refractivity contribution in [1.82, 2.24) is 5.32 Å². The molecule has 0 aliphatic carbocycles. The number of amidine groups is 1. The number of amides is 1. The molecule has 1 aliphatic heterocycles. The van der Waals surface area contributed by atoms with E-state index < -0.39 is 0 Å². The number of hydrogen-bond acceptors (Lipinski definition) is 5. The van der Waals surface area contributed by atoms with Gasteiger partial charge in [-0.05, 0) is 35.5 Å². The summed E-state index contributed by atoms with van der Waals surface area (Å²) in [5.74, 6) is -0.246. The van der Waals surface area contributed by atoms with Crippen LogP contribution in [-0.2, 0) is 4.79 Å². The van der Waals surface area contributed by atoms with Crippen molar-refractivity contribution in [3.05, 3.63) is 34.7 Å². The lowest BCUT2D eigenvalue weighted by Gasteiger charge is -2.11. The molecule has 1 aromatic carbocycles. The fourth-order valence-corrected chi connectivity index (χ4v) is 2.23. The number of nitrogens with one attached hydrogen (secondary N) is 1. The highest BCUT2D eigenvalue weighted by atomic mass is 32.2. The minimum absolute atomic E-state index is 0.205. The summed E-state index contributed by atoms with van der Waals surface area (Å²) >= 11 is 1.11. The average Bonchev–Trinajstić information content (AvgIpc) is 2.71. The maximum atomic E-state index is 11.5. The van der Waals surface area contributed by atoms with Crippen molar-refractivity contribution in [3.63, 3.8) is 0 Å². The summed E-state index contributed by atoms with van der Waals surface area (Å²) in [6.07, 6.45) is 1.76. The van der Waals surface area contributed by atoms with Gasteiger partial charge >= 0.3 is 0 Å². The van der Waals surface area contributed by atoms with Gasteiger partial charge in [-0.3, -0.25) is 10.1 Å². The van der Waals surface area contributed by atoms with E-state index >= 15 is 0 Å². The summed E-state index contributed by atoms with van der Waals surface area (Å²) in [7, 11) is 3.94. The summed E-state index contributed by atoms with van der Waals surface area (Å²) in [4.78, 5) is 14.0. The van der Waals surface area contributed by atoms with Gasteiger partial charge in [0.2, 0.25) is 5.17 Å². The minimum atomic E-state index is -0.246. The second kappa shape index (κ2) is 5.14. The van der Waals surface area contributed by atoms with Crippen molar-refractivity contribution in [2.75, 3.05) is 19.0 Å². The monoisotopic (exact) mass is 263 g/mol. The molecule has 0 spiro atoms. The second-order valence-electron chi connectivity index (χ2n) is 3.96. The third-order valence-corrected chi connectivity index (χ3v) is 3.35. The van der Waals surface area contributed by atoms with Crippen molar-refractivity contribution in [1.29, 1.82) is 0 Å². The van der Waals surface area contributed by atoms with E-state index in [-0.39, 0.29) is 11.1 Å². The Morgan fingerprint density at radius 3 is 2.50 bits per heavy atom. The van der Waals surface area contributed by atoms with Crippen LogP contribution in [0.1, 0.15) is 5.56 Å². The lowest BCUT2D eigenvalue weighted by atomic mass is 10.2. The molecule has 1 saturated heterocycles.